The van der Waals surface area contributed by atoms with Crippen LogP contribution < -0.4 is 4.90 Å². The molecule has 1 unspecified atom stereocenters. The Bertz CT molecular complexity index is 528. The number of halogens is 1. The van der Waals surface area contributed by atoms with Crippen LogP contribution in [-0.2, 0) is 4.79 Å². The molecule has 1 amide bonds. The molecule has 4 nitrogen and oxygen atoms in total. The van der Waals surface area contributed by atoms with Gasteiger partial charge in [-0.3, -0.25) is 9.69 Å². The van der Waals surface area contributed by atoms with E-state index in [1.54, 1.807) is 30.9 Å². The van der Waals surface area contributed by atoms with Gasteiger partial charge in [0.1, 0.15) is 5.82 Å². The molecule has 0 bridgehead atoms. The van der Waals surface area contributed by atoms with Crippen LogP contribution in [0.5, 0.6) is 0 Å². The average molecular weight is 308 g/mol. The highest BCUT2D eigenvalue weighted by Gasteiger charge is 2.35. The van der Waals surface area contributed by atoms with Crippen molar-refractivity contribution >= 4 is 11.6 Å². The van der Waals surface area contributed by atoms with Gasteiger partial charge in [0.2, 0.25) is 5.91 Å². The second-order valence-electron chi connectivity index (χ2n) is 6.50. The van der Waals surface area contributed by atoms with Gasteiger partial charge in [0, 0.05) is 18.8 Å². The van der Waals surface area contributed by atoms with Gasteiger partial charge in [-0.05, 0) is 51.4 Å². The third kappa shape index (κ3) is 4.05. The van der Waals surface area contributed by atoms with Crippen molar-refractivity contribution < 1.29 is 14.3 Å². The fraction of sp³-hybridized carbons (Fsp3) is 0.588. The van der Waals surface area contributed by atoms with E-state index in [4.69, 9.17) is 0 Å². The van der Waals surface area contributed by atoms with Crippen LogP contribution in [0.15, 0.2) is 24.3 Å². The third-order valence-corrected chi connectivity index (χ3v) is 3.97. The molecule has 22 heavy (non-hydrogen) atoms. The molecule has 2 rings (SSSR count). The fourth-order valence-corrected chi connectivity index (χ4v) is 3.03. The molecule has 1 aromatic carbocycles. The molecule has 1 aliphatic rings. The number of carbonyl (C=O) groups is 1. The first-order chi connectivity index (χ1) is 10.3. The quantitative estimate of drug-likeness (QED) is 0.908. The maximum atomic E-state index is 13.4. The fourth-order valence-electron chi connectivity index (χ4n) is 3.03. The monoisotopic (exact) mass is 308 g/mol. The number of anilines is 1. The van der Waals surface area contributed by atoms with Gasteiger partial charge in [-0.25, -0.2) is 4.39 Å². The van der Waals surface area contributed by atoms with Gasteiger partial charge >= 0.3 is 0 Å². The lowest BCUT2D eigenvalue weighted by atomic mass is 10.00. The van der Waals surface area contributed by atoms with E-state index >= 15 is 0 Å². The molecule has 5 heteroatoms. The summed E-state index contributed by atoms with van der Waals surface area (Å²) in [4.78, 5) is 16.5. The molecule has 1 atom stereocenters. The highest BCUT2D eigenvalue weighted by molar-refractivity contribution is 5.97. The van der Waals surface area contributed by atoms with E-state index in [0.717, 1.165) is 12.8 Å². The average Bonchev–Trinajstić information content (AvgIpc) is 2.44. The number of rotatable bonds is 5. The molecule has 1 aliphatic heterocycles. The van der Waals surface area contributed by atoms with Crippen molar-refractivity contribution in [2.45, 2.75) is 45.3 Å². The number of amides is 1. The minimum atomic E-state index is -0.850. The van der Waals surface area contributed by atoms with Crippen molar-refractivity contribution in [3.05, 3.63) is 30.1 Å². The lowest BCUT2D eigenvalue weighted by Gasteiger charge is -2.40. The largest absolute Gasteiger partial charge is 0.389 e. The number of hydrogen-bond acceptors (Lipinski definition) is 3. The number of carbonyl (C=O) groups excluding carboxylic acids is 1. The van der Waals surface area contributed by atoms with E-state index in [9.17, 15) is 14.3 Å². The van der Waals surface area contributed by atoms with Crippen LogP contribution in [0.3, 0.4) is 0 Å². The maximum absolute atomic E-state index is 13.4. The second-order valence-corrected chi connectivity index (χ2v) is 6.50. The number of hydrogen-bond donors (Lipinski definition) is 1. The molecule has 0 aromatic heterocycles. The summed E-state index contributed by atoms with van der Waals surface area (Å²) in [7, 11) is 0. The summed E-state index contributed by atoms with van der Waals surface area (Å²) in [6.07, 6.45) is 1.64. The molecule has 1 N–H and O–H groups in total. The molecular formula is C17H25FN2O2. The summed E-state index contributed by atoms with van der Waals surface area (Å²) in [5.74, 6) is -0.348. The predicted octanol–water partition coefficient (Wildman–Crippen LogP) is 2.41. The standard InChI is InChI=1S/C17H25FN2O2/c1-4-19(12-17(2,3)22)15-9-6-10-20(16(15)21)14-8-5-7-13(18)11-14/h5,7-8,11,15,22H,4,6,9-10,12H2,1-3H3. The maximum Gasteiger partial charge on any atom is 0.244 e. The van der Waals surface area contributed by atoms with Gasteiger partial charge in [-0.1, -0.05) is 13.0 Å². The molecule has 0 spiro atoms. The van der Waals surface area contributed by atoms with Crippen LogP contribution in [-0.4, -0.2) is 47.2 Å². The Morgan fingerprint density at radius 1 is 1.45 bits per heavy atom. The Hall–Kier alpha value is -1.46. The highest BCUT2D eigenvalue weighted by atomic mass is 19.1. The lowest BCUT2D eigenvalue weighted by molar-refractivity contribution is -0.126. The van der Waals surface area contributed by atoms with E-state index in [0.29, 0.717) is 25.3 Å². The number of aliphatic hydroxyl groups is 1. The normalized spacial score (nSPS) is 19.8. The lowest BCUT2D eigenvalue weighted by Crippen LogP contribution is -2.55. The van der Waals surface area contributed by atoms with Gasteiger partial charge in [-0.2, -0.15) is 0 Å². The molecule has 1 fully saturated rings. The van der Waals surface area contributed by atoms with Crippen LogP contribution in [0.1, 0.15) is 33.6 Å². The zero-order valence-electron chi connectivity index (χ0n) is 13.6. The molecule has 1 aromatic rings. The Morgan fingerprint density at radius 2 is 2.18 bits per heavy atom. The molecule has 1 heterocycles. The SMILES string of the molecule is CCN(CC(C)(C)O)C1CCCN(c2cccc(F)c2)C1=O. The first kappa shape index (κ1) is 16.9. The minimum absolute atomic E-state index is 0.0112. The Balaban J connectivity index is 2.19. The van der Waals surface area contributed by atoms with Crippen molar-refractivity contribution in [3.8, 4) is 0 Å². The molecular weight excluding hydrogens is 283 g/mol. The summed E-state index contributed by atoms with van der Waals surface area (Å²) in [6.45, 7) is 7.22. The summed E-state index contributed by atoms with van der Waals surface area (Å²) in [6, 6.07) is 5.90. The van der Waals surface area contributed by atoms with Gasteiger partial charge in [-0.15, -0.1) is 0 Å². The van der Waals surface area contributed by atoms with E-state index in [-0.39, 0.29) is 17.8 Å². The number of piperidine rings is 1. The van der Waals surface area contributed by atoms with Crippen molar-refractivity contribution in [3.63, 3.8) is 0 Å². The van der Waals surface area contributed by atoms with Gasteiger partial charge < -0.3 is 10.0 Å². The van der Waals surface area contributed by atoms with Crippen LogP contribution in [0.2, 0.25) is 0 Å². The Morgan fingerprint density at radius 3 is 2.77 bits per heavy atom. The zero-order chi connectivity index (χ0) is 16.3. The van der Waals surface area contributed by atoms with E-state index in [2.05, 4.69) is 0 Å². The summed E-state index contributed by atoms with van der Waals surface area (Å²) in [5.41, 5.74) is -0.244. The highest BCUT2D eigenvalue weighted by Crippen LogP contribution is 2.25. The third-order valence-electron chi connectivity index (χ3n) is 3.97. The van der Waals surface area contributed by atoms with Gasteiger partial charge in [0.05, 0.1) is 11.6 Å². The van der Waals surface area contributed by atoms with E-state index in [1.807, 2.05) is 11.8 Å². The molecule has 0 saturated carbocycles. The van der Waals surface area contributed by atoms with Crippen molar-refractivity contribution in [1.82, 2.24) is 4.90 Å². The van der Waals surface area contributed by atoms with Crippen molar-refractivity contribution in [2.75, 3.05) is 24.5 Å². The summed E-state index contributed by atoms with van der Waals surface area (Å²) < 4.78 is 13.4. The van der Waals surface area contributed by atoms with Gasteiger partial charge in [0.15, 0.2) is 0 Å². The van der Waals surface area contributed by atoms with Crippen LogP contribution in [0, 0.1) is 5.82 Å². The first-order valence-corrected chi connectivity index (χ1v) is 7.85. The summed E-state index contributed by atoms with van der Waals surface area (Å²) >= 11 is 0. The predicted molar refractivity (Wildman–Crippen MR) is 85.3 cm³/mol. The number of nitrogens with zero attached hydrogens (tertiary/aromatic N) is 2. The smallest absolute Gasteiger partial charge is 0.244 e. The van der Waals surface area contributed by atoms with Crippen molar-refractivity contribution in [1.29, 1.82) is 0 Å². The second kappa shape index (κ2) is 6.75. The number of benzene rings is 1. The molecule has 1 saturated heterocycles. The van der Waals surface area contributed by atoms with Crippen LogP contribution in [0.25, 0.3) is 0 Å². The number of likely N-dealkylation sites (N-methyl/N-ethyl adjacent to an activating group) is 1. The van der Waals surface area contributed by atoms with Crippen molar-refractivity contribution in [2.24, 2.45) is 0 Å². The molecule has 122 valence electrons. The zero-order valence-corrected chi connectivity index (χ0v) is 13.6. The Labute approximate surface area is 131 Å². The van der Waals surface area contributed by atoms with Crippen LogP contribution >= 0.6 is 0 Å². The van der Waals surface area contributed by atoms with Gasteiger partial charge in [0.25, 0.3) is 0 Å². The van der Waals surface area contributed by atoms with E-state index < -0.39 is 5.60 Å². The molecule has 0 radical (unpaired) electrons. The van der Waals surface area contributed by atoms with E-state index in [1.165, 1.54) is 12.1 Å². The van der Waals surface area contributed by atoms with Crippen LogP contribution in [0.4, 0.5) is 10.1 Å². The molecule has 0 aliphatic carbocycles. The minimum Gasteiger partial charge on any atom is -0.389 e. The summed E-state index contributed by atoms with van der Waals surface area (Å²) in [5, 5.41) is 10.0. The first-order valence-electron chi connectivity index (χ1n) is 7.85. The Kier molecular flexibility index (Phi) is 5.19. The topological polar surface area (TPSA) is 43.8 Å².